The molecule has 9 heteroatoms. The maximum absolute atomic E-state index is 12.2. The van der Waals surface area contributed by atoms with Gasteiger partial charge in [0, 0.05) is 6.54 Å². The van der Waals surface area contributed by atoms with Crippen LogP contribution in [-0.4, -0.2) is 38.2 Å². The third-order valence-electron chi connectivity index (χ3n) is 3.07. The molecule has 1 fully saturated rings. The lowest BCUT2D eigenvalue weighted by Gasteiger charge is -2.14. The molecule has 2 atom stereocenters. The fourth-order valence-electron chi connectivity index (χ4n) is 2.05. The number of aliphatic carboxylic acids is 1. The standard InChI is InChI=1S/C12H13Cl2NO5S/c13-8-2-1-3-9(14)11(8)21(18,19)15-6-7-4-5-10(20-7)12(16)17/h1-3,7,10,15H,4-6H2,(H,16,17). The van der Waals surface area contributed by atoms with Crippen LogP contribution in [-0.2, 0) is 19.6 Å². The number of nitrogens with one attached hydrogen (secondary N) is 1. The van der Waals surface area contributed by atoms with Crippen LogP contribution < -0.4 is 4.72 Å². The number of rotatable bonds is 5. The van der Waals surface area contributed by atoms with Crippen LogP contribution in [0.5, 0.6) is 0 Å². The molecule has 1 heterocycles. The summed E-state index contributed by atoms with van der Waals surface area (Å²) >= 11 is 11.7. The Balaban J connectivity index is 2.04. The van der Waals surface area contributed by atoms with E-state index < -0.39 is 28.2 Å². The average molecular weight is 354 g/mol. The maximum Gasteiger partial charge on any atom is 0.332 e. The first-order valence-electron chi connectivity index (χ1n) is 6.13. The van der Waals surface area contributed by atoms with Crippen LogP contribution in [0.4, 0.5) is 0 Å². The third-order valence-corrected chi connectivity index (χ3v) is 5.45. The number of carbonyl (C=O) groups is 1. The molecule has 2 N–H and O–H groups in total. The van der Waals surface area contributed by atoms with E-state index in [9.17, 15) is 13.2 Å². The Morgan fingerprint density at radius 1 is 1.33 bits per heavy atom. The van der Waals surface area contributed by atoms with E-state index in [1.54, 1.807) is 6.07 Å². The predicted molar refractivity (Wildman–Crippen MR) is 77.2 cm³/mol. The Labute approximate surface area is 132 Å². The van der Waals surface area contributed by atoms with Crippen molar-refractivity contribution in [3.05, 3.63) is 28.2 Å². The van der Waals surface area contributed by atoms with Gasteiger partial charge in [0.15, 0.2) is 6.10 Å². The highest BCUT2D eigenvalue weighted by molar-refractivity contribution is 7.89. The number of sulfonamides is 1. The van der Waals surface area contributed by atoms with Crippen LogP contribution >= 0.6 is 23.2 Å². The SMILES string of the molecule is O=C(O)C1CCC(CNS(=O)(=O)c2c(Cl)cccc2Cl)O1. The molecule has 1 aliphatic heterocycles. The predicted octanol–water partition coefficient (Wildman–Crippen LogP) is 1.90. The Morgan fingerprint density at radius 3 is 2.48 bits per heavy atom. The van der Waals surface area contributed by atoms with Crippen LogP contribution in [0.3, 0.4) is 0 Å². The van der Waals surface area contributed by atoms with Gasteiger partial charge < -0.3 is 9.84 Å². The van der Waals surface area contributed by atoms with Crippen molar-refractivity contribution >= 4 is 39.2 Å². The van der Waals surface area contributed by atoms with E-state index in [1.807, 2.05) is 0 Å². The van der Waals surface area contributed by atoms with Gasteiger partial charge in [0.1, 0.15) is 4.90 Å². The summed E-state index contributed by atoms with van der Waals surface area (Å²) in [5.41, 5.74) is 0. The summed E-state index contributed by atoms with van der Waals surface area (Å²) in [6.07, 6.45) is -0.546. The monoisotopic (exact) mass is 353 g/mol. The topological polar surface area (TPSA) is 92.7 Å². The zero-order chi connectivity index (χ0) is 15.6. The van der Waals surface area contributed by atoms with E-state index in [4.69, 9.17) is 33.0 Å². The molecule has 0 aromatic heterocycles. The molecule has 0 amide bonds. The van der Waals surface area contributed by atoms with Crippen LogP contribution in [0.25, 0.3) is 0 Å². The number of hydrogen-bond acceptors (Lipinski definition) is 4. The van der Waals surface area contributed by atoms with Crippen molar-refractivity contribution < 1.29 is 23.1 Å². The van der Waals surface area contributed by atoms with E-state index >= 15 is 0 Å². The van der Waals surface area contributed by atoms with Crippen molar-refractivity contribution in [2.75, 3.05) is 6.54 Å². The summed E-state index contributed by atoms with van der Waals surface area (Å²) < 4.78 is 32.0. The second-order valence-electron chi connectivity index (χ2n) is 4.57. The summed E-state index contributed by atoms with van der Waals surface area (Å²) in [5.74, 6) is -1.05. The zero-order valence-electron chi connectivity index (χ0n) is 10.8. The number of halogens is 2. The van der Waals surface area contributed by atoms with Crippen molar-refractivity contribution in [3.63, 3.8) is 0 Å². The van der Waals surface area contributed by atoms with Gasteiger partial charge in [-0.05, 0) is 25.0 Å². The Kier molecular flexibility index (Phi) is 5.11. The van der Waals surface area contributed by atoms with Gasteiger partial charge in [-0.2, -0.15) is 0 Å². The summed E-state index contributed by atoms with van der Waals surface area (Å²) in [5, 5.41) is 8.85. The van der Waals surface area contributed by atoms with Gasteiger partial charge >= 0.3 is 5.97 Å². The smallest absolute Gasteiger partial charge is 0.332 e. The van der Waals surface area contributed by atoms with Crippen LogP contribution in [0.2, 0.25) is 10.0 Å². The average Bonchev–Trinajstić information content (AvgIpc) is 2.85. The number of carboxylic acid groups (broad SMARTS) is 1. The van der Waals surface area contributed by atoms with Gasteiger partial charge in [0.2, 0.25) is 10.0 Å². The second-order valence-corrected chi connectivity index (χ2v) is 7.08. The number of carboxylic acids is 1. The molecule has 2 unspecified atom stereocenters. The quantitative estimate of drug-likeness (QED) is 0.843. The Hall–Kier alpha value is -0.860. The van der Waals surface area contributed by atoms with E-state index in [0.29, 0.717) is 12.8 Å². The molecule has 0 spiro atoms. The molecule has 0 radical (unpaired) electrons. The van der Waals surface area contributed by atoms with Crippen molar-refractivity contribution in [3.8, 4) is 0 Å². The van der Waals surface area contributed by atoms with E-state index in [0.717, 1.165) is 0 Å². The lowest BCUT2D eigenvalue weighted by atomic mass is 10.2. The lowest BCUT2D eigenvalue weighted by molar-refractivity contribution is -0.149. The molecule has 21 heavy (non-hydrogen) atoms. The lowest BCUT2D eigenvalue weighted by Crippen LogP contribution is -2.33. The molecular weight excluding hydrogens is 341 g/mol. The summed E-state index contributed by atoms with van der Waals surface area (Å²) in [6.45, 7) is -0.0341. The Morgan fingerprint density at radius 2 is 1.95 bits per heavy atom. The van der Waals surface area contributed by atoms with E-state index in [-0.39, 0.29) is 21.5 Å². The largest absolute Gasteiger partial charge is 0.479 e. The first-order chi connectivity index (χ1) is 9.81. The summed E-state index contributed by atoms with van der Waals surface area (Å²) in [7, 11) is -3.89. The molecule has 1 aromatic rings. The van der Waals surface area contributed by atoms with E-state index in [2.05, 4.69) is 4.72 Å². The van der Waals surface area contributed by atoms with Gasteiger partial charge in [0.05, 0.1) is 16.1 Å². The molecular formula is C12H13Cl2NO5S. The molecule has 1 saturated heterocycles. The van der Waals surface area contributed by atoms with Gasteiger partial charge in [0.25, 0.3) is 0 Å². The minimum Gasteiger partial charge on any atom is -0.479 e. The molecule has 1 aliphatic rings. The molecule has 116 valence electrons. The minimum absolute atomic E-state index is 0.0192. The van der Waals surface area contributed by atoms with Crippen LogP contribution in [0, 0.1) is 0 Å². The normalized spacial score (nSPS) is 22.4. The molecule has 0 saturated carbocycles. The molecule has 6 nitrogen and oxygen atoms in total. The van der Waals surface area contributed by atoms with Crippen LogP contribution in [0.15, 0.2) is 23.1 Å². The second kappa shape index (κ2) is 6.50. The molecule has 0 aliphatic carbocycles. The first-order valence-corrected chi connectivity index (χ1v) is 8.37. The Bertz CT molecular complexity index is 629. The van der Waals surface area contributed by atoms with Gasteiger partial charge in [-0.1, -0.05) is 29.3 Å². The highest BCUT2D eigenvalue weighted by atomic mass is 35.5. The third kappa shape index (κ3) is 3.87. The highest BCUT2D eigenvalue weighted by Gasteiger charge is 2.31. The van der Waals surface area contributed by atoms with Crippen molar-refractivity contribution in [2.45, 2.75) is 29.9 Å². The number of hydrogen-bond donors (Lipinski definition) is 2. The molecule has 2 rings (SSSR count). The van der Waals surface area contributed by atoms with Gasteiger partial charge in [-0.3, -0.25) is 0 Å². The maximum atomic E-state index is 12.2. The minimum atomic E-state index is -3.89. The molecule has 1 aromatic carbocycles. The van der Waals surface area contributed by atoms with Gasteiger partial charge in [-0.15, -0.1) is 0 Å². The van der Waals surface area contributed by atoms with Crippen molar-refractivity contribution in [2.24, 2.45) is 0 Å². The summed E-state index contributed by atoms with van der Waals surface area (Å²) in [4.78, 5) is 10.6. The van der Waals surface area contributed by atoms with Crippen LogP contribution in [0.1, 0.15) is 12.8 Å². The van der Waals surface area contributed by atoms with E-state index in [1.165, 1.54) is 12.1 Å². The fraction of sp³-hybridized carbons (Fsp3) is 0.417. The van der Waals surface area contributed by atoms with Crippen molar-refractivity contribution in [1.82, 2.24) is 4.72 Å². The summed E-state index contributed by atoms with van der Waals surface area (Å²) in [6, 6.07) is 4.39. The number of benzene rings is 1. The highest BCUT2D eigenvalue weighted by Crippen LogP contribution is 2.29. The molecule has 0 bridgehead atoms. The van der Waals surface area contributed by atoms with Gasteiger partial charge in [-0.25, -0.2) is 17.9 Å². The fourth-order valence-corrected chi connectivity index (χ4v) is 4.26. The van der Waals surface area contributed by atoms with Crippen molar-refractivity contribution in [1.29, 1.82) is 0 Å². The number of ether oxygens (including phenoxy) is 1. The zero-order valence-corrected chi connectivity index (χ0v) is 13.1. The first kappa shape index (κ1) is 16.5.